The molecule has 1 saturated heterocycles. The van der Waals surface area contributed by atoms with Gasteiger partial charge in [-0.1, -0.05) is 12.1 Å². The molecular weight excluding hydrogens is 226 g/mol. The predicted octanol–water partition coefficient (Wildman–Crippen LogP) is 2.41. The molecule has 3 rings (SSSR count). The molecule has 2 aromatic rings. The molecule has 1 aromatic carbocycles. The van der Waals surface area contributed by atoms with Crippen molar-refractivity contribution in [2.24, 2.45) is 13.0 Å². The molecule has 1 aromatic heterocycles. The number of ether oxygens (including phenoxy) is 1. The standard InChI is InChI=1S/C14H19N3O/c1-17-13-5-3-2-4-12(13)16-14(17)15-8-6-11-7-9-18-10-11/h2-5,11H,6-10H2,1H3,(H,15,16). The maximum Gasteiger partial charge on any atom is 0.203 e. The van der Waals surface area contributed by atoms with Crippen LogP contribution in [0.2, 0.25) is 0 Å². The van der Waals surface area contributed by atoms with Crippen LogP contribution in [-0.4, -0.2) is 29.3 Å². The maximum atomic E-state index is 5.38. The molecule has 2 heterocycles. The van der Waals surface area contributed by atoms with Crippen LogP contribution in [0.1, 0.15) is 12.8 Å². The number of hydrogen-bond donors (Lipinski definition) is 1. The molecule has 0 bridgehead atoms. The summed E-state index contributed by atoms with van der Waals surface area (Å²) in [6, 6.07) is 8.21. The molecule has 0 amide bonds. The van der Waals surface area contributed by atoms with E-state index in [0.29, 0.717) is 5.92 Å². The molecule has 1 aliphatic rings. The molecule has 1 fully saturated rings. The average molecular weight is 245 g/mol. The topological polar surface area (TPSA) is 39.1 Å². The van der Waals surface area contributed by atoms with E-state index in [1.165, 1.54) is 11.9 Å². The maximum absolute atomic E-state index is 5.38. The lowest BCUT2D eigenvalue weighted by atomic mass is 10.1. The number of nitrogens with zero attached hydrogens (tertiary/aromatic N) is 2. The predicted molar refractivity (Wildman–Crippen MR) is 72.7 cm³/mol. The Labute approximate surface area is 107 Å². The molecule has 1 unspecified atom stereocenters. The number of para-hydroxylation sites is 2. The molecule has 1 atom stereocenters. The van der Waals surface area contributed by atoms with Crippen LogP contribution in [0.15, 0.2) is 24.3 Å². The fourth-order valence-corrected chi connectivity index (χ4v) is 2.50. The molecule has 0 radical (unpaired) electrons. The molecule has 0 saturated carbocycles. The minimum absolute atomic E-state index is 0.715. The second-order valence-electron chi connectivity index (χ2n) is 4.93. The smallest absolute Gasteiger partial charge is 0.203 e. The number of anilines is 1. The Kier molecular flexibility index (Phi) is 3.19. The number of nitrogens with one attached hydrogen (secondary N) is 1. The van der Waals surface area contributed by atoms with Gasteiger partial charge in [-0.3, -0.25) is 0 Å². The summed E-state index contributed by atoms with van der Waals surface area (Å²) in [7, 11) is 2.05. The molecular formula is C14H19N3O. The second kappa shape index (κ2) is 4.98. The van der Waals surface area contributed by atoms with Crippen molar-refractivity contribution in [1.29, 1.82) is 0 Å². The van der Waals surface area contributed by atoms with Crippen LogP contribution in [0.4, 0.5) is 5.95 Å². The fraction of sp³-hybridized carbons (Fsp3) is 0.500. The summed E-state index contributed by atoms with van der Waals surface area (Å²) in [6.07, 6.45) is 2.35. The van der Waals surface area contributed by atoms with Gasteiger partial charge in [0.2, 0.25) is 5.95 Å². The number of aryl methyl sites for hydroxylation is 1. The first-order valence-electron chi connectivity index (χ1n) is 6.57. The van der Waals surface area contributed by atoms with E-state index < -0.39 is 0 Å². The van der Waals surface area contributed by atoms with E-state index in [1.807, 2.05) is 18.2 Å². The van der Waals surface area contributed by atoms with Gasteiger partial charge in [0.05, 0.1) is 11.0 Å². The van der Waals surface area contributed by atoms with E-state index in [-0.39, 0.29) is 0 Å². The van der Waals surface area contributed by atoms with Crippen molar-refractivity contribution in [2.75, 3.05) is 25.1 Å². The Morgan fingerprint density at radius 1 is 1.44 bits per heavy atom. The van der Waals surface area contributed by atoms with Crippen LogP contribution >= 0.6 is 0 Å². The summed E-state index contributed by atoms with van der Waals surface area (Å²) < 4.78 is 7.49. The Hall–Kier alpha value is -1.55. The molecule has 96 valence electrons. The highest BCUT2D eigenvalue weighted by Crippen LogP contribution is 2.19. The lowest BCUT2D eigenvalue weighted by Gasteiger charge is -2.09. The Bertz CT molecular complexity index is 529. The third-order valence-electron chi connectivity index (χ3n) is 3.65. The van der Waals surface area contributed by atoms with Gasteiger partial charge in [-0.2, -0.15) is 0 Å². The summed E-state index contributed by atoms with van der Waals surface area (Å²) in [4.78, 5) is 4.60. The quantitative estimate of drug-likeness (QED) is 0.899. The van der Waals surface area contributed by atoms with Gasteiger partial charge in [0.25, 0.3) is 0 Å². The SMILES string of the molecule is Cn1c(NCCC2CCOC2)nc2ccccc21. The molecule has 1 N–H and O–H groups in total. The van der Waals surface area contributed by atoms with Gasteiger partial charge in [-0.15, -0.1) is 0 Å². The first kappa shape index (κ1) is 11.5. The highest BCUT2D eigenvalue weighted by molar-refractivity contribution is 5.78. The van der Waals surface area contributed by atoms with E-state index in [0.717, 1.165) is 37.6 Å². The number of fused-ring (bicyclic) bond motifs is 1. The van der Waals surface area contributed by atoms with Crippen molar-refractivity contribution < 1.29 is 4.74 Å². The number of hydrogen-bond acceptors (Lipinski definition) is 3. The minimum Gasteiger partial charge on any atom is -0.381 e. The summed E-state index contributed by atoms with van der Waals surface area (Å²) in [5.74, 6) is 1.67. The van der Waals surface area contributed by atoms with Gasteiger partial charge < -0.3 is 14.6 Å². The summed E-state index contributed by atoms with van der Waals surface area (Å²) in [5.41, 5.74) is 2.22. The van der Waals surface area contributed by atoms with Gasteiger partial charge in [0.1, 0.15) is 0 Å². The number of rotatable bonds is 4. The van der Waals surface area contributed by atoms with Gasteiger partial charge in [0, 0.05) is 26.8 Å². The van der Waals surface area contributed by atoms with Gasteiger partial charge >= 0.3 is 0 Å². The van der Waals surface area contributed by atoms with Crippen LogP contribution in [0.5, 0.6) is 0 Å². The third-order valence-corrected chi connectivity index (χ3v) is 3.65. The van der Waals surface area contributed by atoms with Crippen molar-refractivity contribution >= 4 is 17.0 Å². The molecule has 0 spiro atoms. The van der Waals surface area contributed by atoms with E-state index >= 15 is 0 Å². The van der Waals surface area contributed by atoms with Gasteiger partial charge in [-0.25, -0.2) is 4.98 Å². The Morgan fingerprint density at radius 3 is 3.11 bits per heavy atom. The van der Waals surface area contributed by atoms with Gasteiger partial charge in [0.15, 0.2) is 0 Å². The van der Waals surface area contributed by atoms with E-state index in [1.54, 1.807) is 0 Å². The first-order valence-corrected chi connectivity index (χ1v) is 6.57. The van der Waals surface area contributed by atoms with E-state index in [4.69, 9.17) is 4.74 Å². The largest absolute Gasteiger partial charge is 0.381 e. The minimum atomic E-state index is 0.715. The van der Waals surface area contributed by atoms with Crippen LogP contribution in [0.25, 0.3) is 11.0 Å². The van der Waals surface area contributed by atoms with E-state index in [2.05, 4.69) is 28.0 Å². The molecule has 1 aliphatic heterocycles. The summed E-state index contributed by atoms with van der Waals surface area (Å²) >= 11 is 0. The average Bonchev–Trinajstić information content (AvgIpc) is 3.00. The zero-order valence-corrected chi connectivity index (χ0v) is 10.7. The normalized spacial score (nSPS) is 19.5. The van der Waals surface area contributed by atoms with E-state index in [9.17, 15) is 0 Å². The third kappa shape index (κ3) is 2.20. The van der Waals surface area contributed by atoms with Crippen LogP contribution in [-0.2, 0) is 11.8 Å². The lowest BCUT2D eigenvalue weighted by molar-refractivity contribution is 0.185. The number of aromatic nitrogens is 2. The fourth-order valence-electron chi connectivity index (χ4n) is 2.50. The highest BCUT2D eigenvalue weighted by Gasteiger charge is 2.15. The number of benzene rings is 1. The zero-order chi connectivity index (χ0) is 12.4. The zero-order valence-electron chi connectivity index (χ0n) is 10.7. The summed E-state index contributed by atoms with van der Waals surface area (Å²) in [6.45, 7) is 2.81. The molecule has 18 heavy (non-hydrogen) atoms. The van der Waals surface area contributed by atoms with Crippen molar-refractivity contribution in [3.63, 3.8) is 0 Å². The first-order chi connectivity index (χ1) is 8.84. The molecule has 0 aliphatic carbocycles. The molecule has 4 nitrogen and oxygen atoms in total. The van der Waals surface area contributed by atoms with Crippen LogP contribution < -0.4 is 5.32 Å². The van der Waals surface area contributed by atoms with Crippen LogP contribution in [0.3, 0.4) is 0 Å². The summed E-state index contributed by atoms with van der Waals surface area (Å²) in [5, 5.41) is 3.43. The monoisotopic (exact) mass is 245 g/mol. The van der Waals surface area contributed by atoms with Crippen LogP contribution in [0, 0.1) is 5.92 Å². The van der Waals surface area contributed by atoms with Crippen molar-refractivity contribution in [1.82, 2.24) is 9.55 Å². The Morgan fingerprint density at radius 2 is 2.33 bits per heavy atom. The van der Waals surface area contributed by atoms with Crippen molar-refractivity contribution in [2.45, 2.75) is 12.8 Å². The number of imidazole rings is 1. The lowest BCUT2D eigenvalue weighted by Crippen LogP contribution is -2.11. The van der Waals surface area contributed by atoms with Gasteiger partial charge in [-0.05, 0) is 30.9 Å². The Balaban J connectivity index is 1.65. The highest BCUT2D eigenvalue weighted by atomic mass is 16.5. The molecule has 4 heteroatoms. The van der Waals surface area contributed by atoms with Crippen molar-refractivity contribution in [3.05, 3.63) is 24.3 Å². The van der Waals surface area contributed by atoms with Crippen molar-refractivity contribution in [3.8, 4) is 0 Å². The second-order valence-corrected chi connectivity index (χ2v) is 4.93.